The van der Waals surface area contributed by atoms with Crippen molar-refractivity contribution < 1.29 is 9.53 Å². The molecule has 0 bridgehead atoms. The molecule has 0 aliphatic heterocycles. The maximum Gasteiger partial charge on any atom is 0.303 e. The first-order valence-corrected chi connectivity index (χ1v) is 9.22. The molecule has 1 unspecified atom stereocenters. The van der Waals surface area contributed by atoms with Crippen LogP contribution in [0.2, 0.25) is 10.0 Å². The van der Waals surface area contributed by atoms with Gasteiger partial charge in [0.1, 0.15) is 6.10 Å². The van der Waals surface area contributed by atoms with Crippen LogP contribution in [0.3, 0.4) is 0 Å². The average Bonchev–Trinajstić information content (AvgIpc) is 2.59. The maximum atomic E-state index is 11.6. The van der Waals surface area contributed by atoms with E-state index in [1.165, 1.54) is 12.5 Å². The van der Waals surface area contributed by atoms with Crippen molar-refractivity contribution in [1.82, 2.24) is 0 Å². The van der Waals surface area contributed by atoms with E-state index in [2.05, 4.69) is 0 Å². The van der Waals surface area contributed by atoms with Gasteiger partial charge in [0.25, 0.3) is 0 Å². The predicted octanol–water partition coefficient (Wildman–Crippen LogP) is 6.30. The van der Waals surface area contributed by atoms with Crippen molar-refractivity contribution in [1.29, 1.82) is 0 Å². The molecule has 0 spiro atoms. The monoisotopic (exact) mass is 374 g/mol. The van der Waals surface area contributed by atoms with Crippen molar-refractivity contribution in [3.8, 4) is 0 Å². The van der Waals surface area contributed by atoms with Gasteiger partial charge in [0, 0.05) is 17.0 Å². The molecule has 3 rings (SSSR count). The van der Waals surface area contributed by atoms with Gasteiger partial charge in [-0.25, -0.2) is 0 Å². The first kappa shape index (κ1) is 18.0. The van der Waals surface area contributed by atoms with Crippen LogP contribution < -0.4 is 0 Å². The summed E-state index contributed by atoms with van der Waals surface area (Å²) in [5, 5.41) is 1.40. The van der Waals surface area contributed by atoms with Gasteiger partial charge in [0.2, 0.25) is 0 Å². The molecule has 0 aromatic heterocycles. The molecule has 130 valence electrons. The molecule has 2 nitrogen and oxygen atoms in total. The number of carbonyl (C=O) groups is 1. The van der Waals surface area contributed by atoms with Gasteiger partial charge in [-0.1, -0.05) is 47.5 Å². The second kappa shape index (κ2) is 8.07. The zero-order chi connectivity index (χ0) is 17.8. The standard InChI is InChI=1S/C21H20Cl2O2/c1-14(24)25-20-5-3-2-4-19(20)21(15-6-10-17(22)11-7-15)16-8-12-18(23)13-9-16/h6-13,20H,2-5H2,1H3. The van der Waals surface area contributed by atoms with Crippen molar-refractivity contribution >= 4 is 34.7 Å². The van der Waals surface area contributed by atoms with Crippen molar-refractivity contribution in [3.05, 3.63) is 75.3 Å². The molecular weight excluding hydrogens is 355 g/mol. The number of hydrogen-bond acceptors (Lipinski definition) is 2. The fraction of sp³-hybridized carbons (Fsp3) is 0.286. The molecule has 1 atom stereocenters. The number of benzene rings is 2. The third-order valence-corrected chi connectivity index (χ3v) is 4.95. The van der Waals surface area contributed by atoms with Crippen LogP contribution >= 0.6 is 23.2 Å². The summed E-state index contributed by atoms with van der Waals surface area (Å²) < 4.78 is 5.63. The number of carbonyl (C=O) groups excluding carboxylic acids is 1. The highest BCUT2D eigenvalue weighted by atomic mass is 35.5. The first-order valence-electron chi connectivity index (χ1n) is 8.47. The van der Waals surface area contributed by atoms with E-state index in [0.29, 0.717) is 10.0 Å². The zero-order valence-corrected chi connectivity index (χ0v) is 15.6. The Kier molecular flexibility index (Phi) is 5.82. The van der Waals surface area contributed by atoms with Gasteiger partial charge in [0.15, 0.2) is 0 Å². The maximum absolute atomic E-state index is 11.6. The smallest absolute Gasteiger partial charge is 0.303 e. The Hall–Kier alpha value is -1.77. The summed E-state index contributed by atoms with van der Waals surface area (Å²) in [4.78, 5) is 11.6. The van der Waals surface area contributed by atoms with E-state index in [4.69, 9.17) is 27.9 Å². The van der Waals surface area contributed by atoms with Gasteiger partial charge < -0.3 is 4.74 Å². The molecule has 2 aromatic carbocycles. The molecule has 25 heavy (non-hydrogen) atoms. The zero-order valence-electron chi connectivity index (χ0n) is 14.1. The average molecular weight is 375 g/mol. The molecule has 4 heteroatoms. The SMILES string of the molecule is CC(=O)OC1CCCCC1=C(c1ccc(Cl)cc1)c1ccc(Cl)cc1. The Morgan fingerprint density at radius 3 is 1.92 bits per heavy atom. The van der Waals surface area contributed by atoms with E-state index in [0.717, 1.165) is 42.4 Å². The molecule has 0 heterocycles. The molecule has 1 saturated carbocycles. The Morgan fingerprint density at radius 2 is 1.44 bits per heavy atom. The Balaban J connectivity index is 2.15. The highest BCUT2D eigenvalue weighted by Crippen LogP contribution is 2.37. The molecule has 1 aliphatic carbocycles. The molecule has 1 fully saturated rings. The highest BCUT2D eigenvalue weighted by Gasteiger charge is 2.26. The van der Waals surface area contributed by atoms with Crippen LogP contribution in [-0.4, -0.2) is 12.1 Å². The minimum atomic E-state index is -0.240. The Bertz CT molecular complexity index is 729. The minimum Gasteiger partial charge on any atom is -0.458 e. The lowest BCUT2D eigenvalue weighted by molar-refractivity contribution is -0.145. The summed E-state index contributed by atoms with van der Waals surface area (Å²) >= 11 is 12.1. The molecule has 0 amide bonds. The second-order valence-corrected chi connectivity index (χ2v) is 7.13. The quantitative estimate of drug-likeness (QED) is 0.589. The van der Waals surface area contributed by atoms with E-state index in [1.807, 2.05) is 48.5 Å². The third kappa shape index (κ3) is 4.45. The summed E-state index contributed by atoms with van der Waals surface area (Å²) in [6.07, 6.45) is 3.76. The summed E-state index contributed by atoms with van der Waals surface area (Å²) in [5.41, 5.74) is 4.42. The molecule has 0 saturated heterocycles. The predicted molar refractivity (Wildman–Crippen MR) is 103 cm³/mol. The van der Waals surface area contributed by atoms with Crippen molar-refractivity contribution in [2.24, 2.45) is 0 Å². The van der Waals surface area contributed by atoms with E-state index in [-0.39, 0.29) is 12.1 Å². The number of halogens is 2. The first-order chi connectivity index (χ1) is 12.0. The lowest BCUT2D eigenvalue weighted by Gasteiger charge is -2.28. The molecule has 1 aliphatic rings. The summed E-state index contributed by atoms with van der Waals surface area (Å²) in [7, 11) is 0. The van der Waals surface area contributed by atoms with E-state index >= 15 is 0 Å². The third-order valence-electron chi connectivity index (χ3n) is 4.45. The van der Waals surface area contributed by atoms with Gasteiger partial charge in [-0.05, 0) is 72.2 Å². The highest BCUT2D eigenvalue weighted by molar-refractivity contribution is 6.31. The van der Waals surface area contributed by atoms with Gasteiger partial charge in [0.05, 0.1) is 0 Å². The van der Waals surface area contributed by atoms with Crippen LogP contribution in [0.25, 0.3) is 5.57 Å². The minimum absolute atomic E-state index is 0.174. The van der Waals surface area contributed by atoms with Gasteiger partial charge in [-0.3, -0.25) is 4.79 Å². The lowest BCUT2D eigenvalue weighted by atomic mass is 9.83. The molecule has 0 radical (unpaired) electrons. The number of rotatable bonds is 3. The van der Waals surface area contributed by atoms with Crippen LogP contribution in [0, 0.1) is 0 Å². The van der Waals surface area contributed by atoms with Crippen LogP contribution in [0.4, 0.5) is 0 Å². The van der Waals surface area contributed by atoms with E-state index < -0.39 is 0 Å². The van der Waals surface area contributed by atoms with Crippen LogP contribution in [-0.2, 0) is 9.53 Å². The lowest BCUT2D eigenvalue weighted by Crippen LogP contribution is -2.23. The molecule has 2 aromatic rings. The normalized spacial score (nSPS) is 17.2. The largest absolute Gasteiger partial charge is 0.458 e. The van der Waals surface area contributed by atoms with Crippen molar-refractivity contribution in [2.45, 2.75) is 38.7 Å². The van der Waals surface area contributed by atoms with Gasteiger partial charge >= 0.3 is 5.97 Å². The number of esters is 1. The fourth-order valence-corrected chi connectivity index (χ4v) is 3.62. The summed E-state index contributed by atoms with van der Waals surface area (Å²) in [5.74, 6) is -0.240. The van der Waals surface area contributed by atoms with Crippen LogP contribution in [0.1, 0.15) is 43.7 Å². The van der Waals surface area contributed by atoms with Crippen LogP contribution in [0.15, 0.2) is 54.1 Å². The molecule has 0 N–H and O–H groups in total. The van der Waals surface area contributed by atoms with Gasteiger partial charge in [-0.15, -0.1) is 0 Å². The van der Waals surface area contributed by atoms with Crippen LogP contribution in [0.5, 0.6) is 0 Å². The second-order valence-electron chi connectivity index (χ2n) is 6.26. The number of hydrogen-bond donors (Lipinski definition) is 0. The summed E-state index contributed by atoms with van der Waals surface area (Å²) in [6.45, 7) is 1.47. The molecular formula is C21H20Cl2O2. The van der Waals surface area contributed by atoms with Crippen molar-refractivity contribution in [3.63, 3.8) is 0 Å². The van der Waals surface area contributed by atoms with Crippen molar-refractivity contribution in [2.75, 3.05) is 0 Å². The Morgan fingerprint density at radius 1 is 0.920 bits per heavy atom. The fourth-order valence-electron chi connectivity index (χ4n) is 3.37. The number of ether oxygens (including phenoxy) is 1. The van der Waals surface area contributed by atoms with E-state index in [9.17, 15) is 4.79 Å². The Labute approximate surface area is 158 Å². The van der Waals surface area contributed by atoms with E-state index in [1.54, 1.807) is 0 Å². The summed E-state index contributed by atoms with van der Waals surface area (Å²) in [6, 6.07) is 15.6. The topological polar surface area (TPSA) is 26.3 Å². The van der Waals surface area contributed by atoms with Gasteiger partial charge in [-0.2, -0.15) is 0 Å².